The molecule has 1 aliphatic rings. The molecule has 1 aliphatic carbocycles. The second-order valence-corrected chi connectivity index (χ2v) is 8.92. The SMILES string of the molecule is Cc1cc(C)c(S(=O)(=O)NC2CCCCC2CN(C)C)cc1C. The van der Waals surface area contributed by atoms with Crippen LogP contribution in [0.1, 0.15) is 42.4 Å². The molecule has 4 nitrogen and oxygen atoms in total. The summed E-state index contributed by atoms with van der Waals surface area (Å²) in [4.78, 5) is 2.58. The third-order valence-electron chi connectivity index (χ3n) is 4.90. The monoisotopic (exact) mass is 338 g/mol. The van der Waals surface area contributed by atoms with E-state index in [1.54, 1.807) is 6.07 Å². The Kier molecular flexibility index (Phi) is 5.87. The summed E-state index contributed by atoms with van der Waals surface area (Å²) in [6.07, 6.45) is 4.32. The summed E-state index contributed by atoms with van der Waals surface area (Å²) >= 11 is 0. The van der Waals surface area contributed by atoms with E-state index in [-0.39, 0.29) is 6.04 Å². The summed E-state index contributed by atoms with van der Waals surface area (Å²) in [6, 6.07) is 3.80. The van der Waals surface area contributed by atoms with Gasteiger partial charge in [0, 0.05) is 12.6 Å². The van der Waals surface area contributed by atoms with E-state index in [1.807, 2.05) is 40.9 Å². The molecule has 2 unspecified atom stereocenters. The van der Waals surface area contributed by atoms with Crippen LogP contribution in [0.5, 0.6) is 0 Å². The lowest BCUT2D eigenvalue weighted by atomic mass is 9.85. The Morgan fingerprint density at radius 3 is 2.30 bits per heavy atom. The zero-order valence-corrected chi connectivity index (χ0v) is 15.8. The first-order chi connectivity index (χ1) is 10.7. The molecule has 2 atom stereocenters. The van der Waals surface area contributed by atoms with Crippen LogP contribution in [0.25, 0.3) is 0 Å². The van der Waals surface area contributed by atoms with Gasteiger partial charge in [-0.25, -0.2) is 13.1 Å². The van der Waals surface area contributed by atoms with Crippen molar-refractivity contribution in [2.24, 2.45) is 5.92 Å². The standard InChI is InChI=1S/C18H30N2O2S/c1-13-10-15(3)18(11-14(13)2)23(21,22)19-17-9-7-6-8-16(17)12-20(4)5/h10-11,16-17,19H,6-9,12H2,1-5H3. The smallest absolute Gasteiger partial charge is 0.241 e. The molecular weight excluding hydrogens is 308 g/mol. The minimum absolute atomic E-state index is 0.0390. The molecule has 0 bridgehead atoms. The Bertz CT molecular complexity index is 653. The number of hydrogen-bond acceptors (Lipinski definition) is 3. The molecule has 1 saturated carbocycles. The zero-order chi connectivity index (χ0) is 17.2. The maximum absolute atomic E-state index is 12.9. The van der Waals surface area contributed by atoms with Crippen LogP contribution in [0.3, 0.4) is 0 Å². The maximum atomic E-state index is 12.9. The molecule has 5 heteroatoms. The predicted octanol–water partition coefficient (Wildman–Crippen LogP) is 3.01. The van der Waals surface area contributed by atoms with E-state index in [1.165, 1.54) is 6.42 Å². The molecule has 130 valence electrons. The van der Waals surface area contributed by atoms with Crippen molar-refractivity contribution in [3.63, 3.8) is 0 Å². The van der Waals surface area contributed by atoms with Crippen molar-refractivity contribution in [1.82, 2.24) is 9.62 Å². The number of aryl methyl sites for hydroxylation is 3. The molecule has 1 N–H and O–H groups in total. The Balaban J connectivity index is 2.24. The zero-order valence-electron chi connectivity index (χ0n) is 15.0. The number of hydrogen-bond donors (Lipinski definition) is 1. The van der Waals surface area contributed by atoms with Crippen molar-refractivity contribution in [2.75, 3.05) is 20.6 Å². The van der Waals surface area contributed by atoms with Gasteiger partial charge >= 0.3 is 0 Å². The minimum atomic E-state index is -3.47. The second-order valence-electron chi connectivity index (χ2n) is 7.24. The first kappa shape index (κ1) is 18.4. The lowest BCUT2D eigenvalue weighted by Crippen LogP contribution is -2.45. The van der Waals surface area contributed by atoms with E-state index < -0.39 is 10.0 Å². The van der Waals surface area contributed by atoms with E-state index >= 15 is 0 Å². The third kappa shape index (κ3) is 4.55. The lowest BCUT2D eigenvalue weighted by Gasteiger charge is -2.33. The highest BCUT2D eigenvalue weighted by Gasteiger charge is 2.30. The Hall–Kier alpha value is -0.910. The van der Waals surface area contributed by atoms with E-state index in [0.29, 0.717) is 10.8 Å². The van der Waals surface area contributed by atoms with Gasteiger partial charge in [-0.15, -0.1) is 0 Å². The first-order valence-electron chi connectivity index (χ1n) is 8.45. The third-order valence-corrected chi connectivity index (χ3v) is 6.53. The van der Waals surface area contributed by atoms with Crippen molar-refractivity contribution in [3.8, 4) is 0 Å². The molecule has 1 aromatic carbocycles. The largest absolute Gasteiger partial charge is 0.309 e. The topological polar surface area (TPSA) is 49.4 Å². The van der Waals surface area contributed by atoms with Gasteiger partial charge in [-0.05, 0) is 76.4 Å². The highest BCUT2D eigenvalue weighted by atomic mass is 32.2. The van der Waals surface area contributed by atoms with Gasteiger partial charge in [-0.3, -0.25) is 0 Å². The fraction of sp³-hybridized carbons (Fsp3) is 0.667. The minimum Gasteiger partial charge on any atom is -0.309 e. The molecule has 0 aromatic heterocycles. The average molecular weight is 339 g/mol. The van der Waals surface area contributed by atoms with Gasteiger partial charge in [-0.1, -0.05) is 18.9 Å². The van der Waals surface area contributed by atoms with Crippen molar-refractivity contribution < 1.29 is 8.42 Å². The van der Waals surface area contributed by atoms with Crippen molar-refractivity contribution >= 4 is 10.0 Å². The molecule has 23 heavy (non-hydrogen) atoms. The molecule has 0 spiro atoms. The van der Waals surface area contributed by atoms with Crippen LogP contribution in [-0.2, 0) is 10.0 Å². The fourth-order valence-electron chi connectivity index (χ4n) is 3.54. The van der Waals surface area contributed by atoms with Gasteiger partial charge < -0.3 is 4.90 Å². The highest BCUT2D eigenvalue weighted by molar-refractivity contribution is 7.89. The highest BCUT2D eigenvalue weighted by Crippen LogP contribution is 2.27. The van der Waals surface area contributed by atoms with Crippen molar-refractivity contribution in [1.29, 1.82) is 0 Å². The summed E-state index contributed by atoms with van der Waals surface area (Å²) in [5, 5.41) is 0. The summed E-state index contributed by atoms with van der Waals surface area (Å²) in [6.45, 7) is 6.78. The van der Waals surface area contributed by atoms with E-state index in [9.17, 15) is 8.42 Å². The summed E-state index contributed by atoms with van der Waals surface area (Å²) in [7, 11) is 0.631. The van der Waals surface area contributed by atoms with Gasteiger partial charge in [0.15, 0.2) is 0 Å². The molecule has 0 aliphatic heterocycles. The summed E-state index contributed by atoms with van der Waals surface area (Å²) in [5.74, 6) is 0.389. The maximum Gasteiger partial charge on any atom is 0.241 e. The van der Waals surface area contributed by atoms with Crippen LogP contribution in [0.2, 0.25) is 0 Å². The molecule has 1 fully saturated rings. The van der Waals surface area contributed by atoms with Crippen LogP contribution < -0.4 is 4.72 Å². The van der Waals surface area contributed by atoms with Gasteiger partial charge in [0.1, 0.15) is 0 Å². The quantitative estimate of drug-likeness (QED) is 0.898. The van der Waals surface area contributed by atoms with Crippen LogP contribution in [0.4, 0.5) is 0 Å². The number of sulfonamides is 1. The van der Waals surface area contributed by atoms with Crippen LogP contribution in [0.15, 0.2) is 17.0 Å². The molecule has 1 aromatic rings. The molecular formula is C18H30N2O2S. The molecule has 0 amide bonds. The van der Waals surface area contributed by atoms with E-state index in [4.69, 9.17) is 0 Å². The van der Waals surface area contributed by atoms with Gasteiger partial charge in [0.25, 0.3) is 0 Å². The van der Waals surface area contributed by atoms with Crippen LogP contribution >= 0.6 is 0 Å². The number of rotatable bonds is 5. The Labute approximate surface area is 141 Å². The predicted molar refractivity (Wildman–Crippen MR) is 95.3 cm³/mol. The molecule has 0 saturated heterocycles. The van der Waals surface area contributed by atoms with Crippen molar-refractivity contribution in [3.05, 3.63) is 28.8 Å². The molecule has 2 rings (SSSR count). The second kappa shape index (κ2) is 7.32. The lowest BCUT2D eigenvalue weighted by molar-refractivity contribution is 0.224. The van der Waals surface area contributed by atoms with Crippen LogP contribution in [0, 0.1) is 26.7 Å². The summed E-state index contributed by atoms with van der Waals surface area (Å²) < 4.78 is 28.8. The number of nitrogens with one attached hydrogen (secondary N) is 1. The first-order valence-corrected chi connectivity index (χ1v) is 9.94. The Morgan fingerprint density at radius 2 is 1.65 bits per heavy atom. The van der Waals surface area contributed by atoms with E-state index in [2.05, 4.69) is 9.62 Å². The van der Waals surface area contributed by atoms with E-state index in [0.717, 1.165) is 42.5 Å². The normalized spacial score (nSPS) is 22.5. The van der Waals surface area contributed by atoms with Gasteiger partial charge in [0.2, 0.25) is 10.0 Å². The van der Waals surface area contributed by atoms with Gasteiger partial charge in [-0.2, -0.15) is 0 Å². The number of nitrogens with zero attached hydrogens (tertiary/aromatic N) is 1. The molecule has 0 radical (unpaired) electrons. The Morgan fingerprint density at radius 1 is 1.04 bits per heavy atom. The average Bonchev–Trinajstić information content (AvgIpc) is 2.44. The molecule has 0 heterocycles. The van der Waals surface area contributed by atoms with Crippen molar-refractivity contribution in [2.45, 2.75) is 57.4 Å². The number of benzene rings is 1. The fourth-order valence-corrected chi connectivity index (χ4v) is 5.19. The van der Waals surface area contributed by atoms with Gasteiger partial charge in [0.05, 0.1) is 4.90 Å². The van der Waals surface area contributed by atoms with Crippen LogP contribution in [-0.4, -0.2) is 40.0 Å². The summed E-state index contributed by atoms with van der Waals surface area (Å²) in [5.41, 5.74) is 2.97.